The molecule has 1 N–H and O–H groups in total. The Kier molecular flexibility index (Phi) is 6.56. The summed E-state index contributed by atoms with van der Waals surface area (Å²) in [5.74, 6) is -3.52. The van der Waals surface area contributed by atoms with Crippen LogP contribution in [0.3, 0.4) is 0 Å². The lowest BCUT2D eigenvalue weighted by atomic mass is 10.1. The van der Waals surface area contributed by atoms with Crippen molar-refractivity contribution in [3.05, 3.63) is 65.9 Å². The smallest absolute Gasteiger partial charge is 0.487 e. The predicted octanol–water partition coefficient (Wildman–Crippen LogP) is 4.45. The zero-order chi connectivity index (χ0) is 26.1. The molecule has 1 amide bonds. The summed E-state index contributed by atoms with van der Waals surface area (Å²) in [5, 5.41) is 9.46. The van der Waals surface area contributed by atoms with Gasteiger partial charge in [0.25, 0.3) is 5.91 Å². The Morgan fingerprint density at radius 2 is 1.78 bits per heavy atom. The van der Waals surface area contributed by atoms with E-state index in [-0.39, 0.29) is 30.2 Å². The highest BCUT2D eigenvalue weighted by atomic mass is 19.4. The van der Waals surface area contributed by atoms with Crippen LogP contribution in [0.1, 0.15) is 15.9 Å². The van der Waals surface area contributed by atoms with Crippen LogP contribution in [0.5, 0.6) is 11.6 Å². The molecule has 0 atom stereocenters. The molecule has 0 saturated carbocycles. The van der Waals surface area contributed by atoms with Crippen molar-refractivity contribution in [2.75, 3.05) is 23.3 Å². The molecule has 190 valence electrons. The van der Waals surface area contributed by atoms with Crippen LogP contribution in [-0.4, -0.2) is 46.6 Å². The molecule has 3 aromatic rings. The first-order valence-corrected chi connectivity index (χ1v) is 10.0. The first-order valence-electron chi connectivity index (χ1n) is 10.0. The Hall–Kier alpha value is -4.17. The quantitative estimate of drug-likeness (QED) is 0.484. The Morgan fingerprint density at radius 1 is 1.03 bits per heavy atom. The zero-order valence-corrected chi connectivity index (χ0v) is 17.8. The second kappa shape index (κ2) is 9.47. The normalized spacial score (nSPS) is 14.2. The van der Waals surface area contributed by atoms with E-state index in [0.29, 0.717) is 12.1 Å². The summed E-state index contributed by atoms with van der Waals surface area (Å²) in [6.45, 7) is -0.0745. The van der Waals surface area contributed by atoms with Gasteiger partial charge in [-0.05, 0) is 24.3 Å². The van der Waals surface area contributed by atoms with Crippen LogP contribution < -0.4 is 19.7 Å². The molecule has 0 bridgehead atoms. The summed E-state index contributed by atoms with van der Waals surface area (Å²) in [4.78, 5) is 17.8. The molecule has 1 saturated heterocycles. The molecule has 4 rings (SSSR count). The number of nitrogens with one attached hydrogen (secondary N) is 1. The molecule has 1 aromatic carbocycles. The standard InChI is InChI=1S/C21H14F7N5O3/c22-12-5-11(20(23,24)25)6-14(7-12)35-15-9-33(10-15)16-2-3-29-19(36-21(26,27)28)17(16)18(34)32-13-1-4-30-31-8-13/h1-8,15H,9-10H2,(H,30,32,34). The van der Waals surface area contributed by atoms with E-state index in [1.54, 1.807) is 0 Å². The highest BCUT2D eigenvalue weighted by molar-refractivity contribution is 6.09. The van der Waals surface area contributed by atoms with Crippen LogP contribution in [0.4, 0.5) is 42.1 Å². The first-order chi connectivity index (χ1) is 16.9. The maximum atomic E-state index is 13.6. The largest absolute Gasteiger partial charge is 0.574 e. The monoisotopic (exact) mass is 517 g/mol. The fraction of sp³-hybridized carbons (Fsp3) is 0.238. The topological polar surface area (TPSA) is 89.5 Å². The van der Waals surface area contributed by atoms with Gasteiger partial charge in [-0.1, -0.05) is 0 Å². The Bertz CT molecular complexity index is 1250. The van der Waals surface area contributed by atoms with Crippen molar-refractivity contribution in [3.63, 3.8) is 0 Å². The molecule has 0 unspecified atom stereocenters. The number of benzene rings is 1. The summed E-state index contributed by atoms with van der Waals surface area (Å²) in [7, 11) is 0. The van der Waals surface area contributed by atoms with Crippen molar-refractivity contribution < 1.29 is 45.0 Å². The summed E-state index contributed by atoms with van der Waals surface area (Å²) in [6, 6.07) is 4.36. The second-order valence-corrected chi connectivity index (χ2v) is 7.46. The van der Waals surface area contributed by atoms with E-state index in [4.69, 9.17) is 4.74 Å². The van der Waals surface area contributed by atoms with Gasteiger partial charge in [0.15, 0.2) is 0 Å². The minimum absolute atomic E-state index is 0.00108. The number of alkyl halides is 6. The molecule has 36 heavy (non-hydrogen) atoms. The first kappa shape index (κ1) is 24.9. The van der Waals surface area contributed by atoms with Gasteiger partial charge in [-0.2, -0.15) is 23.4 Å². The van der Waals surface area contributed by atoms with E-state index in [1.165, 1.54) is 29.4 Å². The summed E-state index contributed by atoms with van der Waals surface area (Å²) >= 11 is 0. The van der Waals surface area contributed by atoms with E-state index in [0.717, 1.165) is 12.3 Å². The third kappa shape index (κ3) is 5.90. The van der Waals surface area contributed by atoms with Crippen molar-refractivity contribution in [1.29, 1.82) is 0 Å². The highest BCUT2D eigenvalue weighted by Crippen LogP contribution is 2.36. The molecule has 0 aliphatic carbocycles. The minimum Gasteiger partial charge on any atom is -0.487 e. The van der Waals surface area contributed by atoms with E-state index in [1.807, 2.05) is 0 Å². The number of nitrogens with zero attached hydrogens (tertiary/aromatic N) is 4. The third-order valence-electron chi connectivity index (χ3n) is 4.87. The Labute approximate surface area is 197 Å². The summed E-state index contributed by atoms with van der Waals surface area (Å²) < 4.78 is 101. The number of aromatic nitrogens is 3. The number of hydrogen-bond donors (Lipinski definition) is 1. The number of halogens is 7. The lowest BCUT2D eigenvalue weighted by Gasteiger charge is -2.41. The van der Waals surface area contributed by atoms with Gasteiger partial charge >= 0.3 is 12.5 Å². The van der Waals surface area contributed by atoms with Crippen molar-refractivity contribution in [2.45, 2.75) is 18.6 Å². The van der Waals surface area contributed by atoms with Crippen molar-refractivity contribution in [2.24, 2.45) is 0 Å². The molecular formula is C21H14F7N5O3. The Balaban J connectivity index is 1.55. The van der Waals surface area contributed by atoms with E-state index < -0.39 is 47.4 Å². The number of anilines is 2. The predicted molar refractivity (Wildman–Crippen MR) is 109 cm³/mol. The average molecular weight is 517 g/mol. The van der Waals surface area contributed by atoms with E-state index in [2.05, 4.69) is 25.2 Å². The van der Waals surface area contributed by atoms with Crippen LogP contribution in [0, 0.1) is 5.82 Å². The van der Waals surface area contributed by atoms with Crippen molar-refractivity contribution >= 4 is 17.3 Å². The van der Waals surface area contributed by atoms with Gasteiger partial charge < -0.3 is 19.7 Å². The lowest BCUT2D eigenvalue weighted by Crippen LogP contribution is -2.54. The van der Waals surface area contributed by atoms with Crippen LogP contribution in [0.2, 0.25) is 0 Å². The number of rotatable bonds is 6. The van der Waals surface area contributed by atoms with Gasteiger partial charge in [0.05, 0.1) is 42.4 Å². The molecule has 3 heterocycles. The molecule has 1 fully saturated rings. The van der Waals surface area contributed by atoms with E-state index in [9.17, 15) is 35.5 Å². The van der Waals surface area contributed by atoms with Crippen LogP contribution in [0.15, 0.2) is 48.9 Å². The highest BCUT2D eigenvalue weighted by Gasteiger charge is 2.38. The van der Waals surface area contributed by atoms with Gasteiger partial charge in [-0.15, -0.1) is 13.2 Å². The molecular weight excluding hydrogens is 503 g/mol. The third-order valence-corrected chi connectivity index (χ3v) is 4.87. The van der Waals surface area contributed by atoms with Gasteiger partial charge in [0.2, 0.25) is 5.88 Å². The number of carbonyl (C=O) groups is 1. The fourth-order valence-corrected chi connectivity index (χ4v) is 3.35. The minimum atomic E-state index is -5.15. The van der Waals surface area contributed by atoms with E-state index >= 15 is 0 Å². The molecule has 0 radical (unpaired) electrons. The lowest BCUT2D eigenvalue weighted by molar-refractivity contribution is -0.276. The maximum absolute atomic E-state index is 13.6. The average Bonchev–Trinajstić information content (AvgIpc) is 2.74. The van der Waals surface area contributed by atoms with Gasteiger partial charge in [-0.3, -0.25) is 4.79 Å². The van der Waals surface area contributed by atoms with Crippen LogP contribution in [0.25, 0.3) is 0 Å². The molecule has 15 heteroatoms. The molecule has 1 aliphatic heterocycles. The SMILES string of the molecule is O=C(Nc1ccnnc1)c1c(N2CC(Oc3cc(F)cc(C(F)(F)F)c3)C2)ccnc1OC(F)(F)F. The number of carbonyl (C=O) groups excluding carboxylic acids is 1. The number of pyridine rings is 1. The number of amides is 1. The molecule has 8 nitrogen and oxygen atoms in total. The second-order valence-electron chi connectivity index (χ2n) is 7.46. The summed E-state index contributed by atoms with van der Waals surface area (Å²) in [5.41, 5.74) is -1.64. The van der Waals surface area contributed by atoms with Gasteiger partial charge in [0.1, 0.15) is 23.2 Å². The molecule has 2 aromatic heterocycles. The number of hydrogen-bond acceptors (Lipinski definition) is 7. The number of ether oxygens (including phenoxy) is 2. The maximum Gasteiger partial charge on any atom is 0.574 e. The zero-order valence-electron chi connectivity index (χ0n) is 17.8. The van der Waals surface area contributed by atoms with Gasteiger partial charge in [-0.25, -0.2) is 9.37 Å². The Morgan fingerprint density at radius 3 is 2.42 bits per heavy atom. The molecule has 0 spiro atoms. The molecule has 1 aliphatic rings. The van der Waals surface area contributed by atoms with Crippen LogP contribution >= 0.6 is 0 Å². The van der Waals surface area contributed by atoms with Crippen molar-refractivity contribution in [3.8, 4) is 11.6 Å². The fourth-order valence-electron chi connectivity index (χ4n) is 3.35. The van der Waals surface area contributed by atoms with Crippen molar-refractivity contribution in [1.82, 2.24) is 15.2 Å². The summed E-state index contributed by atoms with van der Waals surface area (Å²) in [6.07, 6.45) is -7.26. The van der Waals surface area contributed by atoms with Gasteiger partial charge in [0, 0.05) is 12.3 Å². The van der Waals surface area contributed by atoms with Crippen LogP contribution in [-0.2, 0) is 6.18 Å².